The second-order valence-corrected chi connectivity index (χ2v) is 4.63. The number of methoxy groups -OCH3 is 3. The second kappa shape index (κ2) is 6.98. The van der Waals surface area contributed by atoms with E-state index in [1.807, 2.05) is 6.92 Å². The maximum atomic E-state index is 12.0. The number of ketones is 1. The summed E-state index contributed by atoms with van der Waals surface area (Å²) in [6.07, 6.45) is 1.77. The van der Waals surface area contributed by atoms with Crippen molar-refractivity contribution in [2.24, 2.45) is 5.92 Å². The molecule has 4 heteroatoms. The highest BCUT2D eigenvalue weighted by atomic mass is 16.5. The number of hydrogen-bond acceptors (Lipinski definition) is 4. The second-order valence-electron chi connectivity index (χ2n) is 4.63. The van der Waals surface area contributed by atoms with E-state index < -0.39 is 0 Å². The maximum Gasteiger partial charge on any atom is 0.164 e. The first-order valence-corrected chi connectivity index (χ1v) is 6.43. The van der Waals surface area contributed by atoms with E-state index >= 15 is 0 Å². The molecular formula is C16H22O4. The molecule has 0 unspecified atom stereocenters. The number of rotatable bonds is 7. The van der Waals surface area contributed by atoms with Gasteiger partial charge in [-0.05, 0) is 18.9 Å². The highest BCUT2D eigenvalue weighted by molar-refractivity contribution is 5.85. The normalized spacial score (nSPS) is 13.2. The van der Waals surface area contributed by atoms with Crippen LogP contribution in [0.25, 0.3) is 0 Å². The standard InChI is InChI=1S/C16H22O4/c1-7-10(2)16(11(3)17)12-8-14(19-5)15(20-6)9-13(12)18-4/h7-10,16H,1H2,2-6H3/t10-,16+/m0/s1. The molecule has 0 saturated carbocycles. The fraction of sp³-hybridized carbons (Fsp3) is 0.438. The zero-order valence-corrected chi connectivity index (χ0v) is 12.7. The SMILES string of the molecule is C=C[C@H](C)[C@H](C(C)=O)c1cc(OC)c(OC)cc1OC. The van der Waals surface area contributed by atoms with E-state index in [2.05, 4.69) is 6.58 Å². The summed E-state index contributed by atoms with van der Waals surface area (Å²) in [6, 6.07) is 3.53. The van der Waals surface area contributed by atoms with Crippen molar-refractivity contribution in [3.63, 3.8) is 0 Å². The lowest BCUT2D eigenvalue weighted by Crippen LogP contribution is -2.17. The van der Waals surface area contributed by atoms with E-state index in [1.165, 1.54) is 0 Å². The Balaban J connectivity index is 3.47. The minimum absolute atomic E-state index is 0.000462. The molecule has 0 N–H and O–H groups in total. The number of allylic oxidation sites excluding steroid dienone is 1. The van der Waals surface area contributed by atoms with Crippen molar-refractivity contribution in [3.8, 4) is 17.2 Å². The van der Waals surface area contributed by atoms with Gasteiger partial charge in [0.2, 0.25) is 0 Å². The van der Waals surface area contributed by atoms with Gasteiger partial charge in [0.15, 0.2) is 11.5 Å². The number of ether oxygens (including phenoxy) is 3. The lowest BCUT2D eigenvalue weighted by atomic mass is 9.83. The van der Waals surface area contributed by atoms with Gasteiger partial charge in [-0.1, -0.05) is 13.0 Å². The van der Waals surface area contributed by atoms with Crippen LogP contribution in [0, 0.1) is 5.92 Å². The van der Waals surface area contributed by atoms with Crippen LogP contribution in [0.1, 0.15) is 25.3 Å². The molecule has 0 aliphatic heterocycles. The summed E-state index contributed by atoms with van der Waals surface area (Å²) in [7, 11) is 4.69. The van der Waals surface area contributed by atoms with Crippen LogP contribution < -0.4 is 14.2 Å². The Labute approximate surface area is 120 Å². The molecule has 1 rings (SSSR count). The van der Waals surface area contributed by atoms with Crippen molar-refractivity contribution in [3.05, 3.63) is 30.4 Å². The van der Waals surface area contributed by atoms with Crippen LogP contribution in [-0.2, 0) is 4.79 Å². The van der Waals surface area contributed by atoms with E-state index in [0.29, 0.717) is 17.2 Å². The van der Waals surface area contributed by atoms with Gasteiger partial charge in [-0.2, -0.15) is 0 Å². The van der Waals surface area contributed by atoms with Gasteiger partial charge < -0.3 is 14.2 Å². The van der Waals surface area contributed by atoms with Crippen LogP contribution in [0.5, 0.6) is 17.2 Å². The topological polar surface area (TPSA) is 44.8 Å². The van der Waals surface area contributed by atoms with Gasteiger partial charge >= 0.3 is 0 Å². The van der Waals surface area contributed by atoms with Crippen molar-refractivity contribution in [1.29, 1.82) is 0 Å². The smallest absolute Gasteiger partial charge is 0.164 e. The van der Waals surface area contributed by atoms with Crippen molar-refractivity contribution in [1.82, 2.24) is 0 Å². The molecule has 1 aromatic carbocycles. The first-order chi connectivity index (χ1) is 9.49. The Morgan fingerprint density at radius 2 is 1.60 bits per heavy atom. The first kappa shape index (κ1) is 16.1. The van der Waals surface area contributed by atoms with E-state index in [9.17, 15) is 4.79 Å². The maximum absolute atomic E-state index is 12.0. The van der Waals surface area contributed by atoms with Crippen LogP contribution in [-0.4, -0.2) is 27.1 Å². The number of hydrogen-bond donors (Lipinski definition) is 0. The number of carbonyl (C=O) groups excluding carboxylic acids is 1. The van der Waals surface area contributed by atoms with E-state index in [0.717, 1.165) is 5.56 Å². The average molecular weight is 278 g/mol. The fourth-order valence-corrected chi connectivity index (χ4v) is 2.30. The van der Waals surface area contributed by atoms with Crippen LogP contribution in [0.3, 0.4) is 0 Å². The van der Waals surface area contributed by atoms with Crippen molar-refractivity contribution < 1.29 is 19.0 Å². The predicted octanol–water partition coefficient (Wildman–Crippen LogP) is 3.21. The number of benzene rings is 1. The monoisotopic (exact) mass is 278 g/mol. The Hall–Kier alpha value is -1.97. The van der Waals surface area contributed by atoms with E-state index in [1.54, 1.807) is 46.5 Å². The highest BCUT2D eigenvalue weighted by Crippen LogP contribution is 2.40. The molecule has 20 heavy (non-hydrogen) atoms. The Morgan fingerprint density at radius 3 is 2.00 bits per heavy atom. The number of Topliss-reactive ketones (excluding diaryl/α,β-unsaturated/α-hetero) is 1. The van der Waals surface area contributed by atoms with Crippen molar-refractivity contribution in [2.45, 2.75) is 19.8 Å². The molecule has 0 aliphatic rings. The lowest BCUT2D eigenvalue weighted by Gasteiger charge is -2.23. The summed E-state index contributed by atoms with van der Waals surface area (Å²) in [5, 5.41) is 0. The highest BCUT2D eigenvalue weighted by Gasteiger charge is 2.27. The molecule has 0 saturated heterocycles. The van der Waals surface area contributed by atoms with E-state index in [4.69, 9.17) is 14.2 Å². The Kier molecular flexibility index (Phi) is 5.62. The Morgan fingerprint density at radius 1 is 1.10 bits per heavy atom. The zero-order chi connectivity index (χ0) is 15.3. The molecule has 2 atom stereocenters. The predicted molar refractivity (Wildman–Crippen MR) is 78.9 cm³/mol. The molecule has 110 valence electrons. The lowest BCUT2D eigenvalue weighted by molar-refractivity contribution is -0.119. The average Bonchev–Trinajstić information content (AvgIpc) is 2.46. The Bertz CT molecular complexity index is 493. The summed E-state index contributed by atoms with van der Waals surface area (Å²) >= 11 is 0. The van der Waals surface area contributed by atoms with Gasteiger partial charge in [0.25, 0.3) is 0 Å². The van der Waals surface area contributed by atoms with Gasteiger partial charge in [0.05, 0.1) is 27.2 Å². The third kappa shape index (κ3) is 3.13. The minimum atomic E-state index is -0.317. The van der Waals surface area contributed by atoms with E-state index in [-0.39, 0.29) is 17.6 Å². The molecule has 0 aliphatic carbocycles. The van der Waals surface area contributed by atoms with Crippen molar-refractivity contribution >= 4 is 5.78 Å². The quantitative estimate of drug-likeness (QED) is 0.718. The largest absolute Gasteiger partial charge is 0.496 e. The summed E-state index contributed by atoms with van der Waals surface area (Å²) in [5.74, 6) is 1.49. The van der Waals surface area contributed by atoms with Gasteiger partial charge in [-0.3, -0.25) is 4.79 Å². The van der Waals surface area contributed by atoms with Gasteiger partial charge in [0.1, 0.15) is 11.5 Å². The molecule has 0 amide bonds. The minimum Gasteiger partial charge on any atom is -0.496 e. The summed E-state index contributed by atoms with van der Waals surface area (Å²) < 4.78 is 15.9. The summed E-state index contributed by atoms with van der Waals surface area (Å²) in [4.78, 5) is 12.0. The van der Waals surface area contributed by atoms with Crippen molar-refractivity contribution in [2.75, 3.05) is 21.3 Å². The molecule has 0 bridgehead atoms. The van der Waals surface area contributed by atoms with Crippen LogP contribution >= 0.6 is 0 Å². The van der Waals surface area contributed by atoms with Crippen LogP contribution in [0.4, 0.5) is 0 Å². The summed E-state index contributed by atoms with van der Waals surface area (Å²) in [6.45, 7) is 7.30. The third-order valence-corrected chi connectivity index (χ3v) is 3.41. The zero-order valence-electron chi connectivity index (χ0n) is 12.7. The molecule has 0 radical (unpaired) electrons. The molecule has 0 fully saturated rings. The molecule has 4 nitrogen and oxygen atoms in total. The molecule has 1 aromatic rings. The number of carbonyl (C=O) groups is 1. The molecular weight excluding hydrogens is 256 g/mol. The molecule has 0 heterocycles. The van der Waals surface area contributed by atoms with Gasteiger partial charge in [-0.25, -0.2) is 0 Å². The van der Waals surface area contributed by atoms with Crippen LogP contribution in [0.2, 0.25) is 0 Å². The molecule has 0 spiro atoms. The summed E-state index contributed by atoms with van der Waals surface area (Å²) in [5.41, 5.74) is 0.782. The van der Waals surface area contributed by atoms with Crippen LogP contribution in [0.15, 0.2) is 24.8 Å². The third-order valence-electron chi connectivity index (χ3n) is 3.41. The first-order valence-electron chi connectivity index (χ1n) is 6.43. The van der Waals surface area contributed by atoms with Gasteiger partial charge in [-0.15, -0.1) is 6.58 Å². The fourth-order valence-electron chi connectivity index (χ4n) is 2.30. The molecule has 0 aromatic heterocycles. The van der Waals surface area contributed by atoms with Gasteiger partial charge in [0, 0.05) is 11.6 Å².